The van der Waals surface area contributed by atoms with Crippen LogP contribution in [0, 0.1) is 6.92 Å². The Morgan fingerprint density at radius 3 is 2.57 bits per heavy atom. The van der Waals surface area contributed by atoms with Gasteiger partial charge in [-0.1, -0.05) is 28.1 Å². The molecule has 7 heteroatoms. The number of sulfonamides is 1. The number of aryl methyl sites for hydroxylation is 1. The van der Waals surface area contributed by atoms with E-state index in [1.165, 1.54) is 18.2 Å². The Morgan fingerprint density at radius 1 is 1.19 bits per heavy atom. The Balaban J connectivity index is 2.41. The molecule has 2 aromatic rings. The van der Waals surface area contributed by atoms with Gasteiger partial charge >= 0.3 is 5.97 Å². The number of carboxylic acid groups (broad SMARTS) is 1. The second-order valence-corrected chi connectivity index (χ2v) is 7.00. The van der Waals surface area contributed by atoms with Crippen molar-refractivity contribution in [1.82, 2.24) is 0 Å². The average molecular weight is 370 g/mol. The van der Waals surface area contributed by atoms with E-state index >= 15 is 0 Å². The minimum Gasteiger partial charge on any atom is -0.478 e. The highest BCUT2D eigenvalue weighted by Crippen LogP contribution is 2.24. The van der Waals surface area contributed by atoms with Gasteiger partial charge in [-0.15, -0.1) is 0 Å². The number of rotatable bonds is 4. The van der Waals surface area contributed by atoms with Crippen molar-refractivity contribution < 1.29 is 18.3 Å². The van der Waals surface area contributed by atoms with Crippen LogP contribution in [0.15, 0.2) is 51.8 Å². The zero-order valence-electron chi connectivity index (χ0n) is 11.0. The van der Waals surface area contributed by atoms with E-state index in [4.69, 9.17) is 5.11 Å². The summed E-state index contributed by atoms with van der Waals surface area (Å²) in [4.78, 5) is 10.8. The first-order valence-electron chi connectivity index (χ1n) is 5.92. The highest BCUT2D eigenvalue weighted by Gasteiger charge is 2.17. The van der Waals surface area contributed by atoms with Crippen molar-refractivity contribution in [3.05, 3.63) is 58.1 Å². The lowest BCUT2D eigenvalue weighted by molar-refractivity contribution is 0.0696. The number of benzene rings is 2. The van der Waals surface area contributed by atoms with Gasteiger partial charge in [0.2, 0.25) is 0 Å². The molecule has 0 aliphatic heterocycles. The maximum absolute atomic E-state index is 12.3. The van der Waals surface area contributed by atoms with Gasteiger partial charge < -0.3 is 5.11 Å². The smallest absolute Gasteiger partial charge is 0.335 e. The van der Waals surface area contributed by atoms with Crippen molar-refractivity contribution in [2.75, 3.05) is 4.72 Å². The fraction of sp³-hybridized carbons (Fsp3) is 0.0714. The van der Waals surface area contributed by atoms with Crippen LogP contribution in [0.4, 0.5) is 5.69 Å². The Bertz CT molecular complexity index is 802. The van der Waals surface area contributed by atoms with Crippen LogP contribution in [0.2, 0.25) is 0 Å². The van der Waals surface area contributed by atoms with Crippen LogP contribution >= 0.6 is 15.9 Å². The van der Waals surface area contributed by atoms with Gasteiger partial charge in [-0.2, -0.15) is 0 Å². The summed E-state index contributed by atoms with van der Waals surface area (Å²) >= 11 is 3.28. The largest absolute Gasteiger partial charge is 0.478 e. The van der Waals surface area contributed by atoms with Gasteiger partial charge in [-0.05, 0) is 42.8 Å². The summed E-state index contributed by atoms with van der Waals surface area (Å²) in [6.45, 7) is 1.78. The van der Waals surface area contributed by atoms with E-state index in [2.05, 4.69) is 20.7 Å². The molecule has 0 unspecified atom stereocenters. The maximum Gasteiger partial charge on any atom is 0.335 e. The predicted molar refractivity (Wildman–Crippen MR) is 83.1 cm³/mol. The van der Waals surface area contributed by atoms with Crippen molar-refractivity contribution in [2.24, 2.45) is 0 Å². The third-order valence-electron chi connectivity index (χ3n) is 2.84. The minimum absolute atomic E-state index is 0.0798. The molecule has 0 bridgehead atoms. The van der Waals surface area contributed by atoms with Crippen LogP contribution in [0.5, 0.6) is 0 Å². The molecule has 5 nitrogen and oxygen atoms in total. The van der Waals surface area contributed by atoms with Gasteiger partial charge in [-0.25, -0.2) is 13.2 Å². The summed E-state index contributed by atoms with van der Waals surface area (Å²) in [6.07, 6.45) is 0. The van der Waals surface area contributed by atoms with Crippen LogP contribution in [0.25, 0.3) is 0 Å². The normalized spacial score (nSPS) is 11.1. The SMILES string of the molecule is Cc1ccc(Br)cc1NS(=O)(=O)c1cccc(C(=O)O)c1. The van der Waals surface area contributed by atoms with Gasteiger partial charge in [0.15, 0.2) is 0 Å². The third kappa shape index (κ3) is 3.62. The molecule has 0 heterocycles. The molecule has 2 rings (SSSR count). The van der Waals surface area contributed by atoms with Crippen molar-refractivity contribution >= 4 is 37.6 Å². The van der Waals surface area contributed by atoms with E-state index in [1.54, 1.807) is 25.1 Å². The Kier molecular flexibility index (Phi) is 4.34. The van der Waals surface area contributed by atoms with Crippen LogP contribution in [0.3, 0.4) is 0 Å². The lowest BCUT2D eigenvalue weighted by atomic mass is 10.2. The number of carbonyl (C=O) groups is 1. The molecule has 0 aliphatic carbocycles. The van der Waals surface area contributed by atoms with Gasteiger partial charge in [0.25, 0.3) is 10.0 Å². The maximum atomic E-state index is 12.3. The number of aromatic carboxylic acids is 1. The van der Waals surface area contributed by atoms with Gasteiger partial charge in [0, 0.05) is 4.47 Å². The molecule has 0 saturated carbocycles. The first-order chi connectivity index (χ1) is 9.79. The molecule has 0 aliphatic rings. The zero-order valence-corrected chi connectivity index (χ0v) is 13.4. The summed E-state index contributed by atoms with van der Waals surface area (Å²) in [7, 11) is -3.84. The Hall–Kier alpha value is -1.86. The predicted octanol–water partition coefficient (Wildman–Crippen LogP) is 3.26. The van der Waals surface area contributed by atoms with Gasteiger partial charge in [0.05, 0.1) is 16.1 Å². The van der Waals surface area contributed by atoms with Crippen molar-refractivity contribution in [1.29, 1.82) is 0 Å². The van der Waals surface area contributed by atoms with E-state index in [1.807, 2.05) is 0 Å². The van der Waals surface area contributed by atoms with E-state index < -0.39 is 16.0 Å². The molecule has 0 saturated heterocycles. The second kappa shape index (κ2) is 5.87. The van der Waals surface area contributed by atoms with Gasteiger partial charge in [0.1, 0.15) is 0 Å². The van der Waals surface area contributed by atoms with Crippen LogP contribution < -0.4 is 4.72 Å². The topological polar surface area (TPSA) is 83.5 Å². The van der Waals surface area contributed by atoms with Crippen molar-refractivity contribution in [3.8, 4) is 0 Å². The van der Waals surface area contributed by atoms with Crippen LogP contribution in [-0.2, 0) is 10.0 Å². The molecule has 21 heavy (non-hydrogen) atoms. The molecule has 0 amide bonds. The highest BCUT2D eigenvalue weighted by molar-refractivity contribution is 9.10. The number of anilines is 1. The van der Waals surface area contributed by atoms with Crippen LogP contribution in [-0.4, -0.2) is 19.5 Å². The molecular formula is C14H12BrNO4S. The molecule has 110 valence electrons. The quantitative estimate of drug-likeness (QED) is 0.866. The third-order valence-corrected chi connectivity index (χ3v) is 4.69. The summed E-state index contributed by atoms with van der Waals surface area (Å²) in [5.41, 5.74) is 1.12. The second-order valence-electron chi connectivity index (χ2n) is 4.40. The minimum atomic E-state index is -3.84. The lowest BCUT2D eigenvalue weighted by Crippen LogP contribution is -2.14. The van der Waals surface area contributed by atoms with Crippen molar-refractivity contribution in [2.45, 2.75) is 11.8 Å². The Labute approximate surface area is 130 Å². The molecule has 0 atom stereocenters. The first-order valence-corrected chi connectivity index (χ1v) is 8.19. The van der Waals surface area contributed by atoms with Crippen LogP contribution in [0.1, 0.15) is 15.9 Å². The molecule has 0 fully saturated rings. The number of carboxylic acids is 1. The molecule has 0 spiro atoms. The number of hydrogen-bond acceptors (Lipinski definition) is 3. The summed E-state index contributed by atoms with van der Waals surface area (Å²) in [5, 5.41) is 8.92. The fourth-order valence-corrected chi connectivity index (χ4v) is 3.23. The van der Waals surface area contributed by atoms with Crippen molar-refractivity contribution in [3.63, 3.8) is 0 Å². The zero-order chi connectivity index (χ0) is 15.6. The number of halogens is 1. The number of nitrogens with one attached hydrogen (secondary N) is 1. The highest BCUT2D eigenvalue weighted by atomic mass is 79.9. The molecule has 2 N–H and O–H groups in total. The summed E-state index contributed by atoms with van der Waals surface area (Å²) in [5.74, 6) is -1.18. The Morgan fingerprint density at radius 2 is 1.90 bits per heavy atom. The van der Waals surface area contributed by atoms with E-state index in [0.29, 0.717) is 5.69 Å². The molecule has 0 aromatic heterocycles. The average Bonchev–Trinajstić information content (AvgIpc) is 2.43. The van der Waals surface area contributed by atoms with E-state index in [-0.39, 0.29) is 10.5 Å². The fourth-order valence-electron chi connectivity index (χ4n) is 1.70. The summed E-state index contributed by atoms with van der Waals surface area (Å²) < 4.78 is 27.8. The standard InChI is InChI=1S/C14H12BrNO4S/c1-9-5-6-11(15)8-13(9)16-21(19,20)12-4-2-3-10(7-12)14(17)18/h2-8,16H,1H3,(H,17,18). The monoisotopic (exact) mass is 369 g/mol. The van der Waals surface area contributed by atoms with E-state index in [0.717, 1.165) is 16.1 Å². The summed E-state index contributed by atoms with van der Waals surface area (Å²) in [6, 6.07) is 10.4. The molecule has 0 radical (unpaired) electrons. The lowest BCUT2D eigenvalue weighted by Gasteiger charge is -2.11. The number of hydrogen-bond donors (Lipinski definition) is 2. The van der Waals surface area contributed by atoms with Gasteiger partial charge in [-0.3, -0.25) is 4.72 Å². The molecule has 2 aromatic carbocycles. The first kappa shape index (κ1) is 15.5. The van der Waals surface area contributed by atoms with E-state index in [9.17, 15) is 13.2 Å². The molecular weight excluding hydrogens is 358 g/mol.